The van der Waals surface area contributed by atoms with E-state index in [-0.39, 0.29) is 17.4 Å². The van der Waals surface area contributed by atoms with Crippen LogP contribution in [0.2, 0.25) is 0 Å². The van der Waals surface area contributed by atoms with E-state index in [1.807, 2.05) is 18.2 Å². The van der Waals surface area contributed by atoms with Gasteiger partial charge < -0.3 is 10.2 Å². The van der Waals surface area contributed by atoms with Gasteiger partial charge in [-0.05, 0) is 18.4 Å². The molecule has 0 spiro atoms. The highest BCUT2D eigenvalue weighted by atomic mass is 16.2. The Labute approximate surface area is 134 Å². The van der Waals surface area contributed by atoms with Crippen LogP contribution in [0.15, 0.2) is 39.9 Å². The Morgan fingerprint density at radius 3 is 2.61 bits per heavy atom. The molecule has 2 N–H and O–H groups in total. The van der Waals surface area contributed by atoms with Crippen LogP contribution in [0.25, 0.3) is 0 Å². The van der Waals surface area contributed by atoms with Gasteiger partial charge in [0, 0.05) is 13.6 Å². The molecular formula is C17H22N4O2. The lowest BCUT2D eigenvalue weighted by Gasteiger charge is -2.26. The minimum absolute atomic E-state index is 0.0458. The largest absolute Gasteiger partial charge is 0.358 e. The Hall–Kier alpha value is -2.50. The van der Waals surface area contributed by atoms with Gasteiger partial charge in [0.1, 0.15) is 17.7 Å². The first kappa shape index (κ1) is 15.4. The summed E-state index contributed by atoms with van der Waals surface area (Å²) in [6.45, 7) is 2.86. The highest BCUT2D eigenvalue weighted by Gasteiger charge is 2.31. The predicted molar refractivity (Wildman–Crippen MR) is 92.1 cm³/mol. The Bertz CT molecular complexity index is 794. The first-order valence-corrected chi connectivity index (χ1v) is 8.02. The highest BCUT2D eigenvalue weighted by molar-refractivity contribution is 5.71. The van der Waals surface area contributed by atoms with Crippen molar-refractivity contribution in [2.24, 2.45) is 7.05 Å². The summed E-state index contributed by atoms with van der Waals surface area (Å²) in [6, 6.07) is 10.2. The Balaban J connectivity index is 1.91. The third kappa shape index (κ3) is 2.88. The Morgan fingerprint density at radius 2 is 1.91 bits per heavy atom. The third-order valence-electron chi connectivity index (χ3n) is 4.31. The quantitative estimate of drug-likeness (QED) is 0.881. The lowest BCUT2D eigenvalue weighted by atomic mass is 10.1. The van der Waals surface area contributed by atoms with Gasteiger partial charge in [-0.3, -0.25) is 14.3 Å². The van der Waals surface area contributed by atoms with Crippen molar-refractivity contribution in [2.45, 2.75) is 32.4 Å². The number of nitrogens with zero attached hydrogens (tertiary/aromatic N) is 2. The fourth-order valence-corrected chi connectivity index (χ4v) is 3.02. The minimum Gasteiger partial charge on any atom is -0.358 e. The molecule has 1 aromatic carbocycles. The summed E-state index contributed by atoms with van der Waals surface area (Å²) in [4.78, 5) is 29.2. The number of benzene rings is 1. The summed E-state index contributed by atoms with van der Waals surface area (Å²) < 4.78 is 1.11. The molecule has 2 aromatic rings. The highest BCUT2D eigenvalue weighted by Crippen LogP contribution is 2.30. The maximum Gasteiger partial charge on any atom is 0.329 e. The molecular weight excluding hydrogens is 292 g/mol. The molecule has 0 saturated carbocycles. The zero-order chi connectivity index (χ0) is 16.4. The molecule has 122 valence electrons. The normalized spacial score (nSPS) is 16.3. The first-order chi connectivity index (χ1) is 11.1. The summed E-state index contributed by atoms with van der Waals surface area (Å²) in [5.74, 6) is 0.618. The van der Waals surface area contributed by atoms with E-state index in [0.29, 0.717) is 11.5 Å². The zero-order valence-electron chi connectivity index (χ0n) is 13.5. The number of nitrogens with one attached hydrogen (secondary N) is 2. The summed E-state index contributed by atoms with van der Waals surface area (Å²) in [5.41, 5.74) is 1.09. The van der Waals surface area contributed by atoms with Crippen molar-refractivity contribution in [3.05, 3.63) is 56.7 Å². The molecule has 0 aliphatic carbocycles. The summed E-state index contributed by atoms with van der Waals surface area (Å²) in [7, 11) is 1.49. The van der Waals surface area contributed by atoms with E-state index >= 15 is 0 Å². The number of aromatic amines is 1. The van der Waals surface area contributed by atoms with Crippen LogP contribution >= 0.6 is 0 Å². The van der Waals surface area contributed by atoms with Crippen LogP contribution in [0.5, 0.6) is 0 Å². The van der Waals surface area contributed by atoms with Gasteiger partial charge in [0.05, 0.1) is 0 Å². The van der Waals surface area contributed by atoms with Gasteiger partial charge in [0.2, 0.25) is 0 Å². The van der Waals surface area contributed by atoms with Crippen LogP contribution in [0.1, 0.15) is 25.3 Å². The molecule has 1 aliphatic rings. The second-order valence-electron chi connectivity index (χ2n) is 5.90. The van der Waals surface area contributed by atoms with Crippen LogP contribution in [-0.2, 0) is 13.5 Å². The van der Waals surface area contributed by atoms with Crippen molar-refractivity contribution in [1.29, 1.82) is 0 Å². The summed E-state index contributed by atoms with van der Waals surface area (Å²) in [5, 5.41) is 3.28. The van der Waals surface area contributed by atoms with E-state index in [9.17, 15) is 9.59 Å². The van der Waals surface area contributed by atoms with E-state index in [4.69, 9.17) is 0 Å². The van der Waals surface area contributed by atoms with Crippen LogP contribution in [0.4, 0.5) is 11.5 Å². The molecule has 3 rings (SSSR count). The van der Waals surface area contributed by atoms with Gasteiger partial charge in [-0.2, -0.15) is 0 Å². The Morgan fingerprint density at radius 1 is 1.17 bits per heavy atom. The molecule has 1 aliphatic heterocycles. The van der Waals surface area contributed by atoms with Gasteiger partial charge in [-0.25, -0.2) is 4.79 Å². The summed E-state index contributed by atoms with van der Waals surface area (Å²) >= 11 is 0. The number of rotatable bonds is 5. The smallest absolute Gasteiger partial charge is 0.329 e. The van der Waals surface area contributed by atoms with Gasteiger partial charge in [-0.15, -0.1) is 0 Å². The molecule has 6 nitrogen and oxygen atoms in total. The number of aromatic nitrogens is 2. The van der Waals surface area contributed by atoms with Gasteiger partial charge in [0.15, 0.2) is 0 Å². The van der Waals surface area contributed by atoms with Crippen molar-refractivity contribution in [2.75, 3.05) is 16.8 Å². The molecule has 0 saturated heterocycles. The summed E-state index contributed by atoms with van der Waals surface area (Å²) in [6.07, 6.45) is 2.82. The lowest BCUT2D eigenvalue weighted by molar-refractivity contribution is 0.606. The SMILES string of the molecule is CCCC1Nc2c([nH]c(=O)n(C)c2=O)N1CCc1ccccc1. The zero-order valence-corrected chi connectivity index (χ0v) is 13.5. The van der Waals surface area contributed by atoms with Crippen LogP contribution < -0.4 is 21.5 Å². The van der Waals surface area contributed by atoms with Gasteiger partial charge in [-0.1, -0.05) is 43.7 Å². The second-order valence-corrected chi connectivity index (χ2v) is 5.90. The van der Waals surface area contributed by atoms with E-state index < -0.39 is 0 Å². The molecule has 1 unspecified atom stereocenters. The van der Waals surface area contributed by atoms with E-state index in [0.717, 1.165) is 30.4 Å². The molecule has 0 fully saturated rings. The molecule has 23 heavy (non-hydrogen) atoms. The van der Waals surface area contributed by atoms with Crippen LogP contribution in [-0.4, -0.2) is 22.3 Å². The predicted octanol–water partition coefficient (Wildman–Crippen LogP) is 1.67. The topological polar surface area (TPSA) is 70.1 Å². The average molecular weight is 314 g/mol. The third-order valence-corrected chi connectivity index (χ3v) is 4.31. The van der Waals surface area contributed by atoms with Crippen molar-refractivity contribution in [3.8, 4) is 0 Å². The fraction of sp³-hybridized carbons (Fsp3) is 0.412. The van der Waals surface area contributed by atoms with Crippen molar-refractivity contribution < 1.29 is 0 Å². The second kappa shape index (κ2) is 6.32. The molecule has 2 heterocycles. The van der Waals surface area contributed by atoms with Crippen molar-refractivity contribution in [1.82, 2.24) is 9.55 Å². The monoisotopic (exact) mass is 314 g/mol. The number of fused-ring (bicyclic) bond motifs is 1. The van der Waals surface area contributed by atoms with E-state index in [2.05, 4.69) is 34.3 Å². The van der Waals surface area contributed by atoms with E-state index in [1.165, 1.54) is 12.6 Å². The van der Waals surface area contributed by atoms with Crippen molar-refractivity contribution >= 4 is 11.5 Å². The standard InChI is InChI=1S/C17H22N4O2/c1-3-7-13-18-14-15(19-17(23)20(2)16(14)22)21(13)11-10-12-8-5-4-6-9-12/h4-6,8-9,13,18H,3,7,10-11H2,1-2H3,(H,19,23). The average Bonchev–Trinajstić information content (AvgIpc) is 2.90. The van der Waals surface area contributed by atoms with Gasteiger partial charge in [0.25, 0.3) is 5.56 Å². The number of hydrogen-bond acceptors (Lipinski definition) is 4. The van der Waals surface area contributed by atoms with E-state index in [1.54, 1.807) is 0 Å². The molecule has 0 amide bonds. The molecule has 0 bridgehead atoms. The maximum atomic E-state index is 12.3. The molecule has 0 radical (unpaired) electrons. The fourth-order valence-electron chi connectivity index (χ4n) is 3.02. The number of anilines is 2. The number of hydrogen-bond donors (Lipinski definition) is 2. The minimum atomic E-state index is -0.377. The number of H-pyrrole nitrogens is 1. The lowest BCUT2D eigenvalue weighted by Crippen LogP contribution is -2.38. The molecule has 1 aromatic heterocycles. The van der Waals surface area contributed by atoms with Crippen LogP contribution in [0.3, 0.4) is 0 Å². The van der Waals surface area contributed by atoms with Crippen molar-refractivity contribution in [3.63, 3.8) is 0 Å². The maximum absolute atomic E-state index is 12.3. The Kier molecular flexibility index (Phi) is 4.23. The molecule has 1 atom stereocenters. The van der Waals surface area contributed by atoms with Crippen LogP contribution in [0, 0.1) is 0 Å². The van der Waals surface area contributed by atoms with Gasteiger partial charge >= 0.3 is 5.69 Å². The first-order valence-electron chi connectivity index (χ1n) is 8.02. The molecule has 6 heteroatoms.